The van der Waals surface area contributed by atoms with Crippen LogP contribution in [0.1, 0.15) is 10.4 Å². The molecule has 2 aromatic rings. The lowest BCUT2D eigenvalue weighted by Crippen LogP contribution is -2.40. The molecule has 2 heterocycles. The summed E-state index contributed by atoms with van der Waals surface area (Å²) in [5.74, 6) is 0.138. The zero-order chi connectivity index (χ0) is 19.2. The second kappa shape index (κ2) is 6.31. The number of hydrogen-bond donors (Lipinski definition) is 1. The average Bonchev–Trinajstić information content (AvgIpc) is 3.17. The first-order valence-corrected chi connectivity index (χ1v) is 9.51. The minimum absolute atomic E-state index is 0.0284. The van der Waals surface area contributed by atoms with Gasteiger partial charge in [-0.3, -0.25) is 9.10 Å². The van der Waals surface area contributed by atoms with Crippen molar-refractivity contribution in [2.24, 2.45) is 0 Å². The minimum atomic E-state index is -3.80. The Morgan fingerprint density at radius 2 is 1.93 bits per heavy atom. The van der Waals surface area contributed by atoms with E-state index in [-0.39, 0.29) is 31.5 Å². The van der Waals surface area contributed by atoms with Crippen LogP contribution in [-0.2, 0) is 10.2 Å². The van der Waals surface area contributed by atoms with E-state index in [9.17, 15) is 17.6 Å². The molecular formula is C17H16FN3O5S. The Morgan fingerprint density at radius 3 is 2.74 bits per heavy atom. The highest BCUT2D eigenvalue weighted by Crippen LogP contribution is 2.39. The summed E-state index contributed by atoms with van der Waals surface area (Å²) in [5.41, 5.74) is 1.00. The number of carbonyl (C=O) groups is 1. The van der Waals surface area contributed by atoms with Crippen LogP contribution in [0.15, 0.2) is 36.4 Å². The van der Waals surface area contributed by atoms with Crippen LogP contribution in [0, 0.1) is 5.82 Å². The zero-order valence-electron chi connectivity index (χ0n) is 14.3. The van der Waals surface area contributed by atoms with Crippen molar-refractivity contribution in [2.75, 3.05) is 35.5 Å². The standard InChI is InChI=1S/C17H16FN3O5S/c1-20-13-4-3-12(18)9-14(13)21(27(20,23)24)7-6-19-17(22)11-2-5-15-16(8-11)26-10-25-15/h2-5,8-9H,6-7,10H2,1H3,(H,19,22). The minimum Gasteiger partial charge on any atom is -0.454 e. The highest BCUT2D eigenvalue weighted by Gasteiger charge is 2.37. The number of halogens is 1. The summed E-state index contributed by atoms with van der Waals surface area (Å²) in [4.78, 5) is 12.3. The SMILES string of the molecule is CN1c2ccc(F)cc2N(CCNC(=O)c2ccc3c(c2)OCO3)S1(=O)=O. The summed E-state index contributed by atoms with van der Waals surface area (Å²) in [6.45, 7) is 0.131. The van der Waals surface area contributed by atoms with Gasteiger partial charge in [0.25, 0.3) is 5.91 Å². The zero-order valence-corrected chi connectivity index (χ0v) is 15.1. The van der Waals surface area contributed by atoms with Crippen LogP contribution in [0.2, 0.25) is 0 Å². The first-order chi connectivity index (χ1) is 12.9. The molecule has 0 saturated heterocycles. The van der Waals surface area contributed by atoms with Gasteiger partial charge < -0.3 is 14.8 Å². The molecule has 2 aromatic carbocycles. The smallest absolute Gasteiger partial charge is 0.326 e. The maximum absolute atomic E-state index is 13.6. The third-order valence-electron chi connectivity index (χ3n) is 4.41. The Balaban J connectivity index is 1.46. The number of nitrogens with one attached hydrogen (secondary N) is 1. The molecule has 27 heavy (non-hydrogen) atoms. The van der Waals surface area contributed by atoms with E-state index in [4.69, 9.17) is 9.47 Å². The van der Waals surface area contributed by atoms with Gasteiger partial charge in [-0.2, -0.15) is 8.42 Å². The molecule has 0 atom stereocenters. The van der Waals surface area contributed by atoms with Crippen LogP contribution in [-0.4, -0.2) is 41.3 Å². The fourth-order valence-electron chi connectivity index (χ4n) is 3.01. The van der Waals surface area contributed by atoms with Gasteiger partial charge in [0.1, 0.15) is 5.82 Å². The van der Waals surface area contributed by atoms with Gasteiger partial charge in [0.2, 0.25) is 6.79 Å². The third-order valence-corrected chi connectivity index (χ3v) is 6.23. The lowest BCUT2D eigenvalue weighted by atomic mass is 10.2. The molecule has 8 nitrogen and oxygen atoms in total. The fourth-order valence-corrected chi connectivity index (χ4v) is 4.42. The van der Waals surface area contributed by atoms with Crippen molar-refractivity contribution in [1.29, 1.82) is 0 Å². The van der Waals surface area contributed by atoms with Crippen LogP contribution < -0.4 is 23.4 Å². The normalized spacial score (nSPS) is 16.4. The third kappa shape index (κ3) is 2.91. The molecule has 0 aliphatic carbocycles. The topological polar surface area (TPSA) is 88.2 Å². The second-order valence-corrected chi connectivity index (χ2v) is 7.89. The van der Waals surface area contributed by atoms with Gasteiger partial charge in [-0.25, -0.2) is 8.70 Å². The molecular weight excluding hydrogens is 377 g/mol. The van der Waals surface area contributed by atoms with Crippen LogP contribution in [0.25, 0.3) is 0 Å². The summed E-state index contributed by atoms with van der Waals surface area (Å²) in [6, 6.07) is 8.56. The maximum Gasteiger partial charge on any atom is 0.326 e. The largest absolute Gasteiger partial charge is 0.454 e. The van der Waals surface area contributed by atoms with E-state index in [2.05, 4.69) is 5.32 Å². The van der Waals surface area contributed by atoms with E-state index in [1.807, 2.05) is 0 Å². The monoisotopic (exact) mass is 393 g/mol. The highest BCUT2D eigenvalue weighted by atomic mass is 32.2. The molecule has 0 fully saturated rings. The second-order valence-electron chi connectivity index (χ2n) is 6.00. The van der Waals surface area contributed by atoms with Crippen LogP contribution in [0.3, 0.4) is 0 Å². The Kier molecular flexibility index (Phi) is 4.06. The van der Waals surface area contributed by atoms with Crippen molar-refractivity contribution >= 4 is 27.5 Å². The van der Waals surface area contributed by atoms with Crippen molar-refractivity contribution in [3.8, 4) is 11.5 Å². The molecule has 2 aliphatic heterocycles. The van der Waals surface area contributed by atoms with E-state index in [1.54, 1.807) is 18.2 Å². The lowest BCUT2D eigenvalue weighted by molar-refractivity contribution is 0.0954. The first kappa shape index (κ1) is 17.4. The van der Waals surface area contributed by atoms with Crippen LogP contribution >= 0.6 is 0 Å². The Morgan fingerprint density at radius 1 is 1.15 bits per heavy atom. The van der Waals surface area contributed by atoms with Crippen LogP contribution in [0.5, 0.6) is 11.5 Å². The highest BCUT2D eigenvalue weighted by molar-refractivity contribution is 7.94. The average molecular weight is 393 g/mol. The fraction of sp³-hybridized carbons (Fsp3) is 0.235. The Labute approximate surface area is 155 Å². The molecule has 142 valence electrons. The number of hydrogen-bond acceptors (Lipinski definition) is 5. The van der Waals surface area contributed by atoms with Gasteiger partial charge >= 0.3 is 10.2 Å². The molecule has 10 heteroatoms. The lowest BCUT2D eigenvalue weighted by Gasteiger charge is -2.19. The van der Waals surface area contributed by atoms with E-state index >= 15 is 0 Å². The van der Waals surface area contributed by atoms with Crippen molar-refractivity contribution in [3.05, 3.63) is 47.8 Å². The summed E-state index contributed by atoms with van der Waals surface area (Å²) >= 11 is 0. The van der Waals surface area contributed by atoms with E-state index in [0.717, 1.165) is 14.7 Å². The number of carbonyl (C=O) groups excluding carboxylic acids is 1. The molecule has 1 N–H and O–H groups in total. The number of benzene rings is 2. The first-order valence-electron chi connectivity index (χ1n) is 8.12. The van der Waals surface area contributed by atoms with E-state index in [1.165, 1.54) is 19.2 Å². The molecule has 2 aliphatic rings. The quantitative estimate of drug-likeness (QED) is 0.850. The number of rotatable bonds is 4. The maximum atomic E-state index is 13.6. The molecule has 4 rings (SSSR count). The molecule has 1 amide bonds. The van der Waals surface area contributed by atoms with Gasteiger partial charge in [-0.1, -0.05) is 0 Å². The molecule has 0 radical (unpaired) electrons. The Bertz CT molecular complexity index is 1030. The summed E-state index contributed by atoms with van der Waals surface area (Å²) in [5, 5.41) is 2.66. The number of nitrogens with zero attached hydrogens (tertiary/aromatic N) is 2. The van der Waals surface area contributed by atoms with Gasteiger partial charge in [0, 0.05) is 25.2 Å². The van der Waals surface area contributed by atoms with Gasteiger partial charge in [0.05, 0.1) is 17.9 Å². The number of ether oxygens (including phenoxy) is 2. The van der Waals surface area contributed by atoms with Crippen molar-refractivity contribution in [2.45, 2.75) is 0 Å². The predicted octanol–water partition coefficient (Wildman–Crippen LogP) is 1.49. The van der Waals surface area contributed by atoms with Crippen LogP contribution in [0.4, 0.5) is 15.8 Å². The molecule has 0 saturated carbocycles. The molecule has 0 bridgehead atoms. The number of amides is 1. The summed E-state index contributed by atoms with van der Waals surface area (Å²) in [6.07, 6.45) is 0. The van der Waals surface area contributed by atoms with Gasteiger partial charge in [-0.05, 0) is 30.3 Å². The number of fused-ring (bicyclic) bond motifs is 2. The number of anilines is 2. The van der Waals surface area contributed by atoms with E-state index < -0.39 is 16.0 Å². The van der Waals surface area contributed by atoms with E-state index in [0.29, 0.717) is 22.7 Å². The van der Waals surface area contributed by atoms with Gasteiger partial charge in [0.15, 0.2) is 11.5 Å². The molecule has 0 aromatic heterocycles. The summed E-state index contributed by atoms with van der Waals surface area (Å²) < 4.78 is 51.2. The van der Waals surface area contributed by atoms with Crippen molar-refractivity contribution < 1.29 is 27.1 Å². The predicted molar refractivity (Wildman–Crippen MR) is 96.0 cm³/mol. The Hall–Kier alpha value is -3.01. The van der Waals surface area contributed by atoms with Crippen molar-refractivity contribution in [3.63, 3.8) is 0 Å². The molecule has 0 unspecified atom stereocenters. The van der Waals surface area contributed by atoms with Gasteiger partial charge in [-0.15, -0.1) is 0 Å². The summed E-state index contributed by atoms with van der Waals surface area (Å²) in [7, 11) is -2.40. The molecule has 0 spiro atoms. The van der Waals surface area contributed by atoms with Crippen molar-refractivity contribution in [1.82, 2.24) is 5.32 Å².